The van der Waals surface area contributed by atoms with E-state index in [1.807, 2.05) is 0 Å². The maximum absolute atomic E-state index is 3.80. The first-order valence-electron chi connectivity index (χ1n) is 3.66. The van der Waals surface area contributed by atoms with Crippen molar-refractivity contribution in [3.05, 3.63) is 0 Å². The number of hydrogen-bond acceptors (Lipinski definition) is 0. The van der Waals surface area contributed by atoms with E-state index >= 15 is 0 Å². The van der Waals surface area contributed by atoms with E-state index in [-0.39, 0.29) is 0 Å². The van der Waals surface area contributed by atoms with Gasteiger partial charge in [0, 0.05) is 12.8 Å². The van der Waals surface area contributed by atoms with E-state index in [1.54, 1.807) is 0 Å². The zero-order chi connectivity index (χ0) is 7.33. The van der Waals surface area contributed by atoms with Crippen LogP contribution >= 0.6 is 0 Å². The van der Waals surface area contributed by atoms with Crippen LogP contribution in [0.3, 0.4) is 0 Å². The Labute approximate surface area is 58.2 Å². The average molecular weight is 132 g/mol. The average Bonchev–Trinajstić information content (AvgIpc) is 1.63. The van der Waals surface area contributed by atoms with Crippen LogP contribution in [0.15, 0.2) is 0 Å². The van der Waals surface area contributed by atoms with Crippen LogP contribution in [0.2, 0.25) is 0 Å². The summed E-state index contributed by atoms with van der Waals surface area (Å²) in [6, 6.07) is 0. The van der Waals surface area contributed by atoms with Crippen LogP contribution in [0.4, 0.5) is 0 Å². The van der Waals surface area contributed by atoms with Gasteiger partial charge in [0.15, 0.2) is 0 Å². The highest BCUT2D eigenvalue weighted by Crippen LogP contribution is 1.94. The highest BCUT2D eigenvalue weighted by atomic mass is 15.3. The molecular weight excluding hydrogens is 112 g/mol. The molecule has 0 saturated carbocycles. The summed E-state index contributed by atoms with van der Waals surface area (Å²) >= 11 is 0. The fourth-order valence-corrected chi connectivity index (χ4v) is 0.763. The van der Waals surface area contributed by atoms with Gasteiger partial charge in [-0.2, -0.15) is 0 Å². The molecule has 0 rings (SSSR count). The van der Waals surface area contributed by atoms with Crippen molar-refractivity contribution in [2.45, 2.75) is 12.8 Å². The third-order valence-electron chi connectivity index (χ3n) is 1.33. The number of quaternary nitrogens is 2. The molecule has 0 aromatic rings. The largest absolute Gasteiger partial charge is 0.358 e. The smallest absolute Gasteiger partial charge is 0.0782 e. The topological polar surface area (TPSA) is 27.6 Å². The van der Waals surface area contributed by atoms with Crippen LogP contribution in [0.5, 0.6) is 0 Å². The predicted octanol–water partition coefficient (Wildman–Crippen LogP) is -0.285. The van der Waals surface area contributed by atoms with Gasteiger partial charge in [-0.1, -0.05) is 0 Å². The summed E-state index contributed by atoms with van der Waals surface area (Å²) in [5, 5.41) is 0. The zero-order valence-electron chi connectivity index (χ0n) is 6.98. The molecule has 0 aliphatic heterocycles. The number of rotatable bonds is 4. The molecule has 9 heavy (non-hydrogen) atoms. The van der Waals surface area contributed by atoms with Crippen molar-refractivity contribution in [2.75, 3.05) is 34.2 Å². The lowest BCUT2D eigenvalue weighted by Gasteiger charge is -2.23. The van der Waals surface area contributed by atoms with Gasteiger partial charge in [-0.3, -0.25) is 0 Å². The Morgan fingerprint density at radius 3 is 2.00 bits per heavy atom. The summed E-state index contributed by atoms with van der Waals surface area (Å²) in [5.74, 6) is 0. The molecule has 3 N–H and O–H groups in total. The number of unbranched alkanes of at least 4 members (excludes halogenated alkanes) is 1. The molecule has 0 aromatic carbocycles. The molecule has 0 spiro atoms. The lowest BCUT2D eigenvalue weighted by molar-refractivity contribution is -0.870. The summed E-state index contributed by atoms with van der Waals surface area (Å²) in [6.07, 6.45) is 2.59. The lowest BCUT2D eigenvalue weighted by atomic mass is 10.3. The molecule has 0 bridgehead atoms. The Balaban J connectivity index is 3.07. The van der Waals surface area contributed by atoms with Crippen LogP contribution in [0.25, 0.3) is 0 Å². The third-order valence-corrected chi connectivity index (χ3v) is 1.33. The van der Waals surface area contributed by atoms with Crippen LogP contribution in [0.1, 0.15) is 12.8 Å². The van der Waals surface area contributed by atoms with Crippen molar-refractivity contribution < 1.29 is 10.2 Å². The molecule has 0 fully saturated rings. The van der Waals surface area contributed by atoms with Gasteiger partial charge in [0.25, 0.3) is 0 Å². The second-order valence-electron chi connectivity index (χ2n) is 3.57. The van der Waals surface area contributed by atoms with Gasteiger partial charge in [0.1, 0.15) is 0 Å². The molecule has 0 heterocycles. The van der Waals surface area contributed by atoms with Crippen molar-refractivity contribution in [3.8, 4) is 0 Å². The summed E-state index contributed by atoms with van der Waals surface area (Å²) in [4.78, 5) is 0. The number of nitrogens with zero attached hydrogens (tertiary/aromatic N) is 1. The molecule has 0 radical (unpaired) electrons. The Hall–Kier alpha value is -0.0800. The fourth-order valence-electron chi connectivity index (χ4n) is 0.763. The first-order chi connectivity index (χ1) is 4.06. The van der Waals surface area contributed by atoms with E-state index in [4.69, 9.17) is 0 Å². The maximum Gasteiger partial charge on any atom is 0.0782 e. The van der Waals surface area contributed by atoms with Gasteiger partial charge in [0.2, 0.25) is 0 Å². The van der Waals surface area contributed by atoms with Crippen molar-refractivity contribution in [1.29, 1.82) is 0 Å². The van der Waals surface area contributed by atoms with E-state index in [9.17, 15) is 0 Å². The van der Waals surface area contributed by atoms with E-state index < -0.39 is 0 Å². The summed E-state index contributed by atoms with van der Waals surface area (Å²) in [6.45, 7) is 2.36. The molecule has 0 aliphatic rings. The minimum Gasteiger partial charge on any atom is -0.358 e. The molecule has 0 saturated heterocycles. The summed E-state index contributed by atoms with van der Waals surface area (Å²) < 4.78 is 1.08. The zero-order valence-corrected chi connectivity index (χ0v) is 6.98. The normalized spacial score (nSPS) is 12.0. The molecule has 0 unspecified atom stereocenters. The standard InChI is InChI=1S/C7H19N2/c1-9(2,3)7-5-4-6-8/h4-8H2,1-3H3/q+1/p+1. The Morgan fingerprint density at radius 2 is 1.67 bits per heavy atom. The Bertz CT molecular complexity index is 63.8. The van der Waals surface area contributed by atoms with Crippen molar-refractivity contribution >= 4 is 0 Å². The van der Waals surface area contributed by atoms with E-state index in [2.05, 4.69) is 26.9 Å². The Morgan fingerprint density at radius 1 is 1.11 bits per heavy atom. The van der Waals surface area contributed by atoms with Gasteiger partial charge in [0.05, 0.1) is 34.2 Å². The summed E-state index contributed by atoms with van der Waals surface area (Å²) in [5.41, 5.74) is 3.80. The molecule has 0 aliphatic carbocycles. The first kappa shape index (κ1) is 8.92. The van der Waals surface area contributed by atoms with Gasteiger partial charge < -0.3 is 10.2 Å². The first-order valence-corrected chi connectivity index (χ1v) is 3.66. The van der Waals surface area contributed by atoms with Gasteiger partial charge in [-0.05, 0) is 0 Å². The van der Waals surface area contributed by atoms with Crippen LogP contribution in [0, 0.1) is 0 Å². The third kappa shape index (κ3) is 7.92. The van der Waals surface area contributed by atoms with Gasteiger partial charge >= 0.3 is 0 Å². The lowest BCUT2D eigenvalue weighted by Crippen LogP contribution is -2.50. The molecule has 0 atom stereocenters. The Kier molecular flexibility index (Phi) is 3.82. The second kappa shape index (κ2) is 3.85. The fraction of sp³-hybridized carbons (Fsp3) is 1.00. The van der Waals surface area contributed by atoms with Crippen molar-refractivity contribution in [2.24, 2.45) is 0 Å². The van der Waals surface area contributed by atoms with Gasteiger partial charge in [-0.25, -0.2) is 0 Å². The quantitative estimate of drug-likeness (QED) is 0.402. The number of hydrogen-bond donors (Lipinski definition) is 1. The van der Waals surface area contributed by atoms with E-state index in [1.165, 1.54) is 19.4 Å². The monoisotopic (exact) mass is 132 g/mol. The molecular formula is C7H20N2+2. The molecule has 56 valence electrons. The highest BCUT2D eigenvalue weighted by molar-refractivity contribution is 4.33. The van der Waals surface area contributed by atoms with Crippen LogP contribution < -0.4 is 5.73 Å². The minimum absolute atomic E-state index is 1.08. The highest BCUT2D eigenvalue weighted by Gasteiger charge is 2.04. The van der Waals surface area contributed by atoms with E-state index in [0.717, 1.165) is 11.0 Å². The second-order valence-corrected chi connectivity index (χ2v) is 3.57. The predicted molar refractivity (Wildman–Crippen MR) is 39.9 cm³/mol. The minimum atomic E-state index is 1.08. The SMILES string of the molecule is C[N+](C)(C)CCCC[NH3+]. The molecule has 2 nitrogen and oxygen atoms in total. The molecule has 2 heteroatoms. The van der Waals surface area contributed by atoms with Crippen LogP contribution in [-0.2, 0) is 0 Å². The molecule has 0 amide bonds. The van der Waals surface area contributed by atoms with Crippen molar-refractivity contribution in [1.82, 2.24) is 0 Å². The maximum atomic E-state index is 3.80. The van der Waals surface area contributed by atoms with Crippen molar-refractivity contribution in [3.63, 3.8) is 0 Å². The van der Waals surface area contributed by atoms with Gasteiger partial charge in [-0.15, -0.1) is 0 Å². The van der Waals surface area contributed by atoms with Crippen LogP contribution in [-0.4, -0.2) is 38.7 Å². The summed E-state index contributed by atoms with van der Waals surface area (Å²) in [7, 11) is 6.68. The van der Waals surface area contributed by atoms with E-state index in [0.29, 0.717) is 0 Å². The molecule has 0 aromatic heterocycles.